The molecule has 100 valence electrons. The van der Waals surface area contributed by atoms with Crippen LogP contribution in [-0.2, 0) is 0 Å². The highest BCUT2D eigenvalue weighted by atomic mass is 14.3. The normalized spacial score (nSPS) is 31.7. The van der Waals surface area contributed by atoms with E-state index >= 15 is 0 Å². The van der Waals surface area contributed by atoms with E-state index in [0.717, 1.165) is 11.8 Å². The quantitative estimate of drug-likeness (QED) is 0.551. The summed E-state index contributed by atoms with van der Waals surface area (Å²) in [4.78, 5) is 0. The van der Waals surface area contributed by atoms with Crippen LogP contribution < -0.4 is 0 Å². The van der Waals surface area contributed by atoms with Crippen LogP contribution >= 0.6 is 0 Å². The van der Waals surface area contributed by atoms with Crippen LogP contribution in [0.15, 0.2) is 22.8 Å². The van der Waals surface area contributed by atoms with Crippen molar-refractivity contribution >= 4 is 0 Å². The molecule has 0 heterocycles. The molecule has 0 spiro atoms. The van der Waals surface area contributed by atoms with Crippen LogP contribution in [0.1, 0.15) is 77.6 Å². The number of unbranched alkanes of at least 4 members (excludes halogenated alkanes) is 1. The second-order valence-electron chi connectivity index (χ2n) is 6.83. The maximum absolute atomic E-state index is 2.42. The summed E-state index contributed by atoms with van der Waals surface area (Å²) in [6, 6.07) is 0. The van der Waals surface area contributed by atoms with E-state index in [1.165, 1.54) is 70.6 Å². The maximum atomic E-state index is 2.42. The van der Waals surface area contributed by atoms with E-state index in [4.69, 9.17) is 0 Å². The first kappa shape index (κ1) is 12.5. The van der Waals surface area contributed by atoms with Gasteiger partial charge in [-0.15, -0.1) is 0 Å². The Kier molecular flexibility index (Phi) is 3.91. The van der Waals surface area contributed by atoms with E-state index in [2.05, 4.69) is 13.0 Å². The molecule has 4 aliphatic carbocycles. The minimum Gasteiger partial charge on any atom is -0.0850 e. The van der Waals surface area contributed by atoms with Gasteiger partial charge >= 0.3 is 0 Å². The van der Waals surface area contributed by atoms with Crippen LogP contribution in [0.5, 0.6) is 0 Å². The molecule has 0 aromatic rings. The average Bonchev–Trinajstić information content (AvgIpc) is 3.16. The molecule has 0 aromatic heterocycles. The van der Waals surface area contributed by atoms with E-state index in [1.54, 1.807) is 5.57 Å². The lowest BCUT2D eigenvalue weighted by Gasteiger charge is -2.10. The van der Waals surface area contributed by atoms with Crippen molar-refractivity contribution in [2.45, 2.75) is 77.6 Å². The first-order valence-corrected chi connectivity index (χ1v) is 8.22. The van der Waals surface area contributed by atoms with Crippen LogP contribution in [0.25, 0.3) is 0 Å². The van der Waals surface area contributed by atoms with Gasteiger partial charge in [0.1, 0.15) is 0 Å². The summed E-state index contributed by atoms with van der Waals surface area (Å²) in [6.07, 6.45) is 18.3. The van der Waals surface area contributed by atoms with E-state index in [9.17, 15) is 0 Å². The minimum atomic E-state index is 1.08. The maximum Gasteiger partial charge on any atom is -0.0286 e. The van der Waals surface area contributed by atoms with Crippen LogP contribution in [0, 0.1) is 11.8 Å². The average molecular weight is 244 g/mol. The predicted molar refractivity (Wildman–Crippen MR) is 78.6 cm³/mol. The van der Waals surface area contributed by atoms with Gasteiger partial charge in [0.2, 0.25) is 0 Å². The van der Waals surface area contributed by atoms with E-state index in [1.807, 2.05) is 11.1 Å². The molecule has 4 bridgehead atoms. The zero-order valence-corrected chi connectivity index (χ0v) is 12.0. The van der Waals surface area contributed by atoms with Gasteiger partial charge in [-0.1, -0.05) is 36.1 Å². The SMILES string of the molecule is C1=C2CCC(C1)C2.CCCCC1=C2CCC(C1)C2. The lowest BCUT2D eigenvalue weighted by atomic mass is 9.95. The zero-order valence-electron chi connectivity index (χ0n) is 12.0. The van der Waals surface area contributed by atoms with Crippen molar-refractivity contribution in [3.8, 4) is 0 Å². The molecule has 4 aliphatic rings. The Bertz CT molecular complexity index is 358. The molecule has 0 saturated heterocycles. The molecule has 0 radical (unpaired) electrons. The molecule has 2 unspecified atom stereocenters. The van der Waals surface area contributed by atoms with Gasteiger partial charge in [-0.25, -0.2) is 0 Å². The molecule has 2 saturated carbocycles. The van der Waals surface area contributed by atoms with Crippen LogP contribution in [0.3, 0.4) is 0 Å². The highest BCUT2D eigenvalue weighted by Crippen LogP contribution is 2.45. The molecule has 4 rings (SSSR count). The highest BCUT2D eigenvalue weighted by Gasteiger charge is 2.29. The van der Waals surface area contributed by atoms with E-state index in [-0.39, 0.29) is 0 Å². The topological polar surface area (TPSA) is 0 Å². The lowest BCUT2D eigenvalue weighted by Crippen LogP contribution is -1.94. The summed E-state index contributed by atoms with van der Waals surface area (Å²) in [6.45, 7) is 2.29. The molecule has 0 heteroatoms. The number of hydrogen-bond acceptors (Lipinski definition) is 0. The Morgan fingerprint density at radius 1 is 1.06 bits per heavy atom. The van der Waals surface area contributed by atoms with Gasteiger partial charge in [0, 0.05) is 0 Å². The first-order valence-electron chi connectivity index (χ1n) is 8.22. The predicted octanol–water partition coefficient (Wildman–Crippen LogP) is 5.79. The van der Waals surface area contributed by atoms with Gasteiger partial charge in [0.05, 0.1) is 0 Å². The van der Waals surface area contributed by atoms with Crippen molar-refractivity contribution in [1.82, 2.24) is 0 Å². The van der Waals surface area contributed by atoms with Crippen LogP contribution in [0.2, 0.25) is 0 Å². The van der Waals surface area contributed by atoms with Crippen LogP contribution in [-0.4, -0.2) is 0 Å². The van der Waals surface area contributed by atoms with Gasteiger partial charge in [0.15, 0.2) is 0 Å². The Balaban J connectivity index is 0.000000122. The molecule has 2 fully saturated rings. The third-order valence-electron chi connectivity index (χ3n) is 5.42. The summed E-state index contributed by atoms with van der Waals surface area (Å²) in [5, 5.41) is 0. The molecule has 0 amide bonds. The molecule has 2 atom stereocenters. The third-order valence-corrected chi connectivity index (χ3v) is 5.42. The van der Waals surface area contributed by atoms with Crippen molar-refractivity contribution in [1.29, 1.82) is 0 Å². The Morgan fingerprint density at radius 2 is 1.94 bits per heavy atom. The third kappa shape index (κ3) is 2.73. The summed E-state index contributed by atoms with van der Waals surface area (Å²) in [5.74, 6) is 2.16. The molecule has 0 N–H and O–H groups in total. The summed E-state index contributed by atoms with van der Waals surface area (Å²) < 4.78 is 0. The van der Waals surface area contributed by atoms with Gasteiger partial charge < -0.3 is 0 Å². The molecule has 0 aromatic carbocycles. The first-order chi connectivity index (χ1) is 8.85. The van der Waals surface area contributed by atoms with E-state index in [0.29, 0.717) is 0 Å². The molecule has 18 heavy (non-hydrogen) atoms. The van der Waals surface area contributed by atoms with Crippen molar-refractivity contribution in [3.05, 3.63) is 22.8 Å². The van der Waals surface area contributed by atoms with Crippen molar-refractivity contribution in [2.24, 2.45) is 11.8 Å². The van der Waals surface area contributed by atoms with Crippen molar-refractivity contribution < 1.29 is 0 Å². The number of rotatable bonds is 3. The second kappa shape index (κ2) is 5.63. The fourth-order valence-corrected chi connectivity index (χ4v) is 4.27. The minimum absolute atomic E-state index is 1.08. The number of hydrogen-bond donors (Lipinski definition) is 0. The fourth-order valence-electron chi connectivity index (χ4n) is 4.27. The molecule has 0 nitrogen and oxygen atoms in total. The van der Waals surface area contributed by atoms with Crippen LogP contribution in [0.4, 0.5) is 0 Å². The largest absolute Gasteiger partial charge is 0.0850 e. The summed E-state index contributed by atoms with van der Waals surface area (Å²) in [5.41, 5.74) is 5.44. The van der Waals surface area contributed by atoms with Crippen molar-refractivity contribution in [2.75, 3.05) is 0 Å². The Labute approximate surface area is 113 Å². The van der Waals surface area contributed by atoms with Gasteiger partial charge in [-0.3, -0.25) is 0 Å². The smallest absolute Gasteiger partial charge is 0.0286 e. The number of allylic oxidation sites excluding steroid dienone is 4. The molecular formula is C18H28. The number of fused-ring (bicyclic) bond motifs is 4. The standard InChI is InChI=1S/C11H18.C7H10/c1-2-3-4-10-7-9-5-6-11(10)8-9;1-2-7-4-3-6(1)5-7/h9H,2-8H2,1H3;1,7H,2-5H2. The van der Waals surface area contributed by atoms with E-state index < -0.39 is 0 Å². The fraction of sp³-hybridized carbons (Fsp3) is 0.778. The lowest BCUT2D eigenvalue weighted by molar-refractivity contribution is 0.550. The van der Waals surface area contributed by atoms with Gasteiger partial charge in [-0.05, 0) is 76.0 Å². The highest BCUT2D eigenvalue weighted by molar-refractivity contribution is 5.25. The Morgan fingerprint density at radius 3 is 2.33 bits per heavy atom. The monoisotopic (exact) mass is 244 g/mol. The zero-order chi connectivity index (χ0) is 12.4. The molecule has 0 aliphatic heterocycles. The Hall–Kier alpha value is -0.520. The summed E-state index contributed by atoms with van der Waals surface area (Å²) >= 11 is 0. The van der Waals surface area contributed by atoms with Gasteiger partial charge in [-0.2, -0.15) is 0 Å². The molecular weight excluding hydrogens is 216 g/mol. The van der Waals surface area contributed by atoms with Crippen molar-refractivity contribution in [3.63, 3.8) is 0 Å². The second-order valence-corrected chi connectivity index (χ2v) is 6.83. The summed E-state index contributed by atoms with van der Waals surface area (Å²) in [7, 11) is 0. The van der Waals surface area contributed by atoms with Gasteiger partial charge in [0.25, 0.3) is 0 Å².